The van der Waals surface area contributed by atoms with Crippen molar-refractivity contribution in [1.29, 1.82) is 0 Å². The smallest absolute Gasteiger partial charge is 0.417 e. The maximum absolute atomic E-state index is 11.9. The summed E-state index contributed by atoms with van der Waals surface area (Å²) in [6.07, 6.45) is 10.0. The lowest BCUT2D eigenvalue weighted by Gasteiger charge is -2.26. The van der Waals surface area contributed by atoms with Gasteiger partial charge in [0, 0.05) is 11.0 Å². The normalized spacial score (nSPS) is 25.1. The molecule has 1 heterocycles. The van der Waals surface area contributed by atoms with E-state index in [0.717, 1.165) is 6.08 Å². The predicted octanol–water partition coefficient (Wildman–Crippen LogP) is 1.83. The molecule has 0 aromatic heterocycles. The molecule has 0 saturated heterocycles. The highest BCUT2D eigenvalue weighted by Crippen LogP contribution is 2.45. The van der Waals surface area contributed by atoms with Gasteiger partial charge in [0.25, 0.3) is 5.71 Å². The maximum Gasteiger partial charge on any atom is 0.428 e. The lowest BCUT2D eigenvalue weighted by atomic mass is 9.86. The summed E-state index contributed by atoms with van der Waals surface area (Å²) in [4.78, 5) is 10.9. The molecule has 1 aromatic rings. The van der Waals surface area contributed by atoms with Crippen LogP contribution < -0.4 is 0 Å². The van der Waals surface area contributed by atoms with E-state index in [-0.39, 0.29) is 16.3 Å². The molecular formula is C18H14N3O5+. The largest absolute Gasteiger partial charge is 0.428 e. The fourth-order valence-corrected chi connectivity index (χ4v) is 3.52. The van der Waals surface area contributed by atoms with Gasteiger partial charge in [0.2, 0.25) is 5.71 Å². The van der Waals surface area contributed by atoms with Crippen molar-refractivity contribution in [2.24, 2.45) is 0 Å². The fourth-order valence-electron chi connectivity index (χ4n) is 3.52. The zero-order valence-electron chi connectivity index (χ0n) is 13.7. The van der Waals surface area contributed by atoms with Crippen LogP contribution in [-0.4, -0.2) is 38.1 Å². The van der Waals surface area contributed by atoms with Gasteiger partial charge in [-0.3, -0.25) is 15.3 Å². The molecule has 0 unspecified atom stereocenters. The molecule has 4 rings (SSSR count). The Morgan fingerprint density at radius 2 is 1.96 bits per heavy atom. The molecule has 1 spiro atoms. The van der Waals surface area contributed by atoms with E-state index in [1.807, 2.05) is 12.2 Å². The first-order chi connectivity index (χ1) is 12.5. The van der Waals surface area contributed by atoms with Gasteiger partial charge in [0.15, 0.2) is 5.76 Å². The van der Waals surface area contributed by atoms with Gasteiger partial charge in [0.05, 0.1) is 16.1 Å². The van der Waals surface area contributed by atoms with Gasteiger partial charge in [-0.1, -0.05) is 30.4 Å². The third kappa shape index (κ3) is 1.95. The maximum atomic E-state index is 11.9. The van der Waals surface area contributed by atoms with Gasteiger partial charge in [0.1, 0.15) is 13.1 Å². The summed E-state index contributed by atoms with van der Waals surface area (Å²) in [7, 11) is 1.69. The molecule has 0 fully saturated rings. The van der Waals surface area contributed by atoms with Crippen molar-refractivity contribution in [3.63, 3.8) is 0 Å². The molecule has 1 atom stereocenters. The van der Waals surface area contributed by atoms with E-state index in [1.54, 1.807) is 54.1 Å². The molecule has 26 heavy (non-hydrogen) atoms. The first-order valence-electron chi connectivity index (χ1n) is 7.81. The van der Waals surface area contributed by atoms with Crippen molar-refractivity contribution in [3.8, 4) is 0 Å². The number of hydrogen-bond acceptors (Lipinski definition) is 5. The van der Waals surface area contributed by atoms with Crippen molar-refractivity contribution >= 4 is 11.4 Å². The van der Waals surface area contributed by atoms with Crippen LogP contribution in [-0.2, 0) is 10.5 Å². The van der Waals surface area contributed by atoms with Gasteiger partial charge >= 0.3 is 11.4 Å². The minimum atomic E-state index is -1.55. The molecule has 1 N–H and O–H groups in total. The summed E-state index contributed by atoms with van der Waals surface area (Å²) in [5, 5.41) is 32.9. The second-order valence-electron chi connectivity index (χ2n) is 5.96. The summed E-state index contributed by atoms with van der Waals surface area (Å²) in [6.45, 7) is 0. The van der Waals surface area contributed by atoms with Gasteiger partial charge in [-0.15, -0.1) is 0 Å². The summed E-state index contributed by atoms with van der Waals surface area (Å²) >= 11 is 0. The van der Waals surface area contributed by atoms with Crippen LogP contribution >= 0.6 is 0 Å². The number of nitro groups is 1. The standard InChI is InChI=1S/C18H14N3O5/c1-19-14-9-3-2-4-10-16(14)26-18(19)13-8-6-5-7-12(13)15(20(22)23)11-17(18)21(24)25/h2-11H,1H3,(H,22,23)/q+1/t18-/m1/s1. The number of fused-ring (bicyclic) bond motifs is 3. The van der Waals surface area contributed by atoms with Crippen LogP contribution in [0.5, 0.6) is 0 Å². The predicted molar refractivity (Wildman–Crippen MR) is 91.4 cm³/mol. The molecule has 130 valence electrons. The third-order valence-corrected chi connectivity index (χ3v) is 4.66. The van der Waals surface area contributed by atoms with Crippen molar-refractivity contribution < 1.29 is 24.3 Å². The van der Waals surface area contributed by atoms with Crippen molar-refractivity contribution in [2.45, 2.75) is 5.72 Å². The summed E-state index contributed by atoms with van der Waals surface area (Å²) in [5.41, 5.74) is -0.681. The highest BCUT2D eigenvalue weighted by molar-refractivity contribution is 6.09. The van der Waals surface area contributed by atoms with Gasteiger partial charge in [-0.05, 0) is 18.2 Å². The van der Waals surface area contributed by atoms with Crippen molar-refractivity contribution in [2.75, 3.05) is 7.05 Å². The molecule has 1 aromatic carbocycles. The van der Waals surface area contributed by atoms with E-state index in [4.69, 9.17) is 4.74 Å². The Bertz CT molecular complexity index is 1030. The molecule has 3 aliphatic rings. The van der Waals surface area contributed by atoms with Crippen LogP contribution in [0, 0.1) is 15.3 Å². The minimum Gasteiger partial charge on any atom is -0.417 e. The topological polar surface area (TPSA) is 102 Å². The van der Waals surface area contributed by atoms with Crippen LogP contribution in [0.4, 0.5) is 0 Å². The summed E-state index contributed by atoms with van der Waals surface area (Å²) < 4.78 is 7.80. The van der Waals surface area contributed by atoms with E-state index in [9.17, 15) is 20.5 Å². The van der Waals surface area contributed by atoms with E-state index >= 15 is 0 Å². The second-order valence-corrected chi connectivity index (χ2v) is 5.96. The van der Waals surface area contributed by atoms with E-state index < -0.39 is 10.6 Å². The van der Waals surface area contributed by atoms with Gasteiger partial charge < -0.3 is 9.94 Å². The molecule has 0 amide bonds. The van der Waals surface area contributed by atoms with E-state index in [2.05, 4.69) is 0 Å². The number of allylic oxidation sites excluding steroid dienone is 6. The quantitative estimate of drug-likeness (QED) is 0.273. The Balaban J connectivity index is 2.09. The SMILES string of the molecule is C[N+]1=C2C=CC=CC=C2O[C@]12C([N+](=O)[O-])=C/C(=[N+](\[O-])O)c1ccccc12. The van der Waals surface area contributed by atoms with Gasteiger partial charge in [-0.25, -0.2) is 0 Å². The van der Waals surface area contributed by atoms with Crippen LogP contribution in [0.15, 0.2) is 72.2 Å². The van der Waals surface area contributed by atoms with Crippen LogP contribution in [0.2, 0.25) is 0 Å². The Morgan fingerprint density at radius 1 is 1.19 bits per heavy atom. The van der Waals surface area contributed by atoms with E-state index in [0.29, 0.717) is 22.6 Å². The summed E-state index contributed by atoms with van der Waals surface area (Å²) in [5.74, 6) is 0.478. The number of hydrogen-bond donors (Lipinski definition) is 1. The average Bonchev–Trinajstić information content (AvgIpc) is 2.77. The van der Waals surface area contributed by atoms with Crippen LogP contribution in [0.1, 0.15) is 11.1 Å². The van der Waals surface area contributed by atoms with Crippen molar-refractivity contribution in [1.82, 2.24) is 0 Å². The average molecular weight is 352 g/mol. The Morgan fingerprint density at radius 3 is 2.69 bits per heavy atom. The first kappa shape index (κ1) is 15.8. The van der Waals surface area contributed by atoms with Crippen molar-refractivity contribution in [3.05, 3.63) is 98.6 Å². The zero-order chi connectivity index (χ0) is 18.5. The molecular weight excluding hydrogens is 338 g/mol. The van der Waals surface area contributed by atoms with Crippen LogP contribution in [0.25, 0.3) is 0 Å². The Kier molecular flexibility index (Phi) is 3.30. The molecule has 0 radical (unpaired) electrons. The second kappa shape index (κ2) is 5.41. The van der Waals surface area contributed by atoms with E-state index in [1.165, 1.54) is 0 Å². The number of likely N-dealkylation sites (N-methyl/N-ethyl adjacent to an activating group) is 1. The number of ether oxygens (including phenoxy) is 1. The lowest BCUT2D eigenvalue weighted by molar-refractivity contribution is -0.725. The molecule has 2 aliphatic carbocycles. The fraction of sp³-hybridized carbons (Fsp3) is 0.111. The number of benzene rings is 1. The molecule has 0 bridgehead atoms. The lowest BCUT2D eigenvalue weighted by Crippen LogP contribution is -2.45. The molecule has 8 nitrogen and oxygen atoms in total. The highest BCUT2D eigenvalue weighted by atomic mass is 16.8. The monoisotopic (exact) mass is 352 g/mol. The number of rotatable bonds is 1. The highest BCUT2D eigenvalue weighted by Gasteiger charge is 2.65. The first-order valence-corrected chi connectivity index (χ1v) is 7.81. The zero-order valence-corrected chi connectivity index (χ0v) is 13.7. The van der Waals surface area contributed by atoms with Crippen LogP contribution in [0.3, 0.4) is 0 Å². The Hall–Kier alpha value is -3.68. The third-order valence-electron chi connectivity index (χ3n) is 4.66. The summed E-state index contributed by atoms with van der Waals surface area (Å²) in [6, 6.07) is 6.65. The Labute approximate surface area is 148 Å². The minimum absolute atomic E-state index is 0.212. The molecule has 8 heteroatoms. The molecule has 1 aliphatic heterocycles. The number of nitrogens with zero attached hydrogens (tertiary/aromatic N) is 3. The van der Waals surface area contributed by atoms with Gasteiger partial charge in [-0.2, -0.15) is 4.58 Å². The molecule has 0 saturated carbocycles.